The summed E-state index contributed by atoms with van der Waals surface area (Å²) in [5.41, 5.74) is 12.4. The molecule has 178 valence electrons. The minimum atomic E-state index is -0.0330. The van der Waals surface area contributed by atoms with Gasteiger partial charge in [-0.25, -0.2) is 9.97 Å². The van der Waals surface area contributed by atoms with Crippen molar-refractivity contribution < 1.29 is 4.79 Å². The Morgan fingerprint density at radius 1 is 1.11 bits per heavy atom. The minimum absolute atomic E-state index is 0.0330. The maximum Gasteiger partial charge on any atom is 0.241 e. The number of pyridine rings is 3. The highest BCUT2D eigenvalue weighted by molar-refractivity contribution is 5.95. The Morgan fingerprint density at radius 2 is 2.00 bits per heavy atom. The summed E-state index contributed by atoms with van der Waals surface area (Å²) in [6, 6.07) is 5.91. The summed E-state index contributed by atoms with van der Waals surface area (Å²) in [6.45, 7) is 6.09. The minimum Gasteiger partial charge on any atom is -0.383 e. The van der Waals surface area contributed by atoms with Gasteiger partial charge in [0.15, 0.2) is 5.82 Å². The molecule has 6 rings (SSSR count). The summed E-state index contributed by atoms with van der Waals surface area (Å²) in [6.07, 6.45) is 5.44. The average molecular weight is 470 g/mol. The van der Waals surface area contributed by atoms with Crippen molar-refractivity contribution in [3.8, 4) is 11.3 Å². The zero-order chi connectivity index (χ0) is 24.1. The summed E-state index contributed by atoms with van der Waals surface area (Å²) in [7, 11) is 0. The second kappa shape index (κ2) is 8.23. The quantitative estimate of drug-likeness (QED) is 0.359. The number of carbonyl (C=O) groups is 1. The largest absolute Gasteiger partial charge is 0.383 e. The molecule has 1 amide bonds. The first-order valence-electron chi connectivity index (χ1n) is 11.9. The normalized spacial score (nSPS) is 17.2. The Labute approximate surface area is 202 Å². The topological polar surface area (TPSA) is 136 Å². The van der Waals surface area contributed by atoms with Crippen molar-refractivity contribution in [2.45, 2.75) is 39.2 Å². The van der Waals surface area contributed by atoms with Crippen LogP contribution >= 0.6 is 0 Å². The van der Waals surface area contributed by atoms with Crippen LogP contribution in [0.5, 0.6) is 0 Å². The first-order chi connectivity index (χ1) is 17.0. The summed E-state index contributed by atoms with van der Waals surface area (Å²) in [5.74, 6) is 2.12. The number of anilines is 4. The van der Waals surface area contributed by atoms with Crippen LogP contribution in [-0.2, 0) is 17.8 Å². The molecule has 1 atom stereocenters. The Morgan fingerprint density at radius 3 is 2.89 bits per heavy atom. The predicted octanol–water partition coefficient (Wildman–Crippen LogP) is 3.11. The van der Waals surface area contributed by atoms with Crippen LogP contribution in [0.25, 0.3) is 22.0 Å². The van der Waals surface area contributed by atoms with Gasteiger partial charge < -0.3 is 21.7 Å². The standard InChI is InChI=1S/C25H27N9O/c1-13-3-5-28-24-14(2)17(10-30-23(13)24)19-7-15-8-20(29-11-18(15)25(26)31-19)32-21-9-16-4-6-27-22(35)12-34(16)33-21/h7-11,13,28H,3-6,12H2,1-2H3,(H2,26,31)(H,27,35)(H,29,32,33)/t13-/m0/s1. The molecule has 2 aliphatic rings. The molecule has 0 spiro atoms. The van der Waals surface area contributed by atoms with Gasteiger partial charge in [0.25, 0.3) is 0 Å². The lowest BCUT2D eigenvalue weighted by atomic mass is 9.93. The number of fused-ring (bicyclic) bond motifs is 3. The molecule has 4 aromatic heterocycles. The predicted molar refractivity (Wildman–Crippen MR) is 136 cm³/mol. The first kappa shape index (κ1) is 21.3. The van der Waals surface area contributed by atoms with E-state index in [0.717, 1.165) is 64.1 Å². The van der Waals surface area contributed by atoms with Crippen molar-refractivity contribution in [3.63, 3.8) is 0 Å². The van der Waals surface area contributed by atoms with Crippen molar-refractivity contribution >= 4 is 39.8 Å². The second-order valence-electron chi connectivity index (χ2n) is 9.26. The lowest BCUT2D eigenvalue weighted by Gasteiger charge is -2.25. The van der Waals surface area contributed by atoms with Gasteiger partial charge in [0.1, 0.15) is 18.2 Å². The SMILES string of the molecule is Cc1c(-c2cc3cc(Nc4cc5n(n4)CC(=O)NCC5)ncc3c(N)n2)cnc2c1NCC[C@@H]2C. The van der Waals surface area contributed by atoms with E-state index in [0.29, 0.717) is 29.9 Å². The average Bonchev–Trinajstić information content (AvgIpc) is 3.11. The first-order valence-corrected chi connectivity index (χ1v) is 11.9. The van der Waals surface area contributed by atoms with Crippen molar-refractivity contribution in [3.05, 3.63) is 47.5 Å². The number of carbonyl (C=O) groups excluding carboxylic acids is 1. The van der Waals surface area contributed by atoms with Gasteiger partial charge in [0, 0.05) is 60.5 Å². The number of hydrogen-bond donors (Lipinski definition) is 4. The number of nitrogens with one attached hydrogen (secondary N) is 3. The molecule has 35 heavy (non-hydrogen) atoms. The molecular weight excluding hydrogens is 442 g/mol. The van der Waals surface area contributed by atoms with Gasteiger partial charge in [-0.15, -0.1) is 0 Å². The molecule has 2 aliphatic heterocycles. The fourth-order valence-electron chi connectivity index (χ4n) is 4.92. The van der Waals surface area contributed by atoms with E-state index in [4.69, 9.17) is 10.7 Å². The lowest BCUT2D eigenvalue weighted by molar-refractivity contribution is -0.121. The van der Waals surface area contributed by atoms with Gasteiger partial charge in [-0.05, 0) is 36.4 Å². The fraction of sp³-hybridized carbons (Fsp3) is 0.320. The van der Waals surface area contributed by atoms with Crippen LogP contribution in [0.4, 0.5) is 23.1 Å². The number of amides is 1. The fourth-order valence-corrected chi connectivity index (χ4v) is 4.92. The van der Waals surface area contributed by atoms with E-state index >= 15 is 0 Å². The Hall–Kier alpha value is -4.21. The van der Waals surface area contributed by atoms with E-state index in [1.807, 2.05) is 24.4 Å². The molecular formula is C25H27N9O. The summed E-state index contributed by atoms with van der Waals surface area (Å²) in [4.78, 5) is 25.8. The maximum atomic E-state index is 11.8. The van der Waals surface area contributed by atoms with E-state index < -0.39 is 0 Å². The second-order valence-corrected chi connectivity index (χ2v) is 9.26. The third kappa shape index (κ3) is 3.80. The Bertz CT molecular complexity index is 1480. The van der Waals surface area contributed by atoms with E-state index in [1.165, 1.54) is 0 Å². The van der Waals surface area contributed by atoms with Crippen LogP contribution in [0.2, 0.25) is 0 Å². The Balaban J connectivity index is 1.35. The van der Waals surface area contributed by atoms with Gasteiger partial charge in [-0.2, -0.15) is 5.10 Å². The van der Waals surface area contributed by atoms with Crippen LogP contribution in [0.3, 0.4) is 0 Å². The number of aromatic nitrogens is 5. The van der Waals surface area contributed by atoms with Crippen LogP contribution in [-0.4, -0.2) is 43.7 Å². The van der Waals surface area contributed by atoms with Gasteiger partial charge in [-0.1, -0.05) is 6.92 Å². The molecule has 10 heteroatoms. The van der Waals surface area contributed by atoms with Crippen LogP contribution in [0, 0.1) is 6.92 Å². The molecule has 0 saturated carbocycles. The summed E-state index contributed by atoms with van der Waals surface area (Å²) >= 11 is 0. The van der Waals surface area contributed by atoms with Gasteiger partial charge >= 0.3 is 0 Å². The van der Waals surface area contributed by atoms with Crippen LogP contribution in [0.15, 0.2) is 30.6 Å². The Kier molecular flexibility index (Phi) is 5.01. The van der Waals surface area contributed by atoms with E-state index in [1.54, 1.807) is 10.9 Å². The number of rotatable bonds is 3. The molecule has 4 aromatic rings. The maximum absolute atomic E-state index is 11.8. The molecule has 5 N–H and O–H groups in total. The van der Waals surface area contributed by atoms with Crippen LogP contribution in [0.1, 0.15) is 36.2 Å². The van der Waals surface area contributed by atoms with Gasteiger partial charge in [0.2, 0.25) is 5.91 Å². The molecule has 0 fully saturated rings. The monoisotopic (exact) mass is 469 g/mol. The lowest BCUT2D eigenvalue weighted by Crippen LogP contribution is -2.25. The summed E-state index contributed by atoms with van der Waals surface area (Å²) < 4.78 is 1.73. The zero-order valence-corrected chi connectivity index (χ0v) is 19.7. The highest BCUT2D eigenvalue weighted by atomic mass is 16.2. The van der Waals surface area contributed by atoms with Crippen molar-refractivity contribution in [2.24, 2.45) is 0 Å². The third-order valence-corrected chi connectivity index (χ3v) is 6.85. The molecule has 6 heterocycles. The van der Waals surface area contributed by atoms with Gasteiger partial charge in [0.05, 0.1) is 17.1 Å². The van der Waals surface area contributed by atoms with Crippen LogP contribution < -0.4 is 21.7 Å². The van der Waals surface area contributed by atoms with Gasteiger partial charge in [-0.3, -0.25) is 14.5 Å². The number of nitrogen functional groups attached to an aromatic ring is 1. The highest BCUT2D eigenvalue weighted by Crippen LogP contribution is 2.37. The molecule has 0 aliphatic carbocycles. The zero-order valence-electron chi connectivity index (χ0n) is 19.7. The smallest absolute Gasteiger partial charge is 0.241 e. The molecule has 0 bridgehead atoms. The molecule has 0 saturated heterocycles. The molecule has 10 nitrogen and oxygen atoms in total. The number of nitrogens with two attached hydrogens (primary N) is 1. The molecule has 0 aromatic carbocycles. The van der Waals surface area contributed by atoms with Crippen molar-refractivity contribution in [1.82, 2.24) is 30.0 Å². The third-order valence-electron chi connectivity index (χ3n) is 6.85. The molecule has 0 radical (unpaired) electrons. The van der Waals surface area contributed by atoms with Crippen molar-refractivity contribution in [2.75, 3.05) is 29.5 Å². The molecule has 0 unspecified atom stereocenters. The number of nitrogens with zero attached hydrogens (tertiary/aromatic N) is 5. The van der Waals surface area contributed by atoms with Crippen molar-refractivity contribution in [1.29, 1.82) is 0 Å². The highest BCUT2D eigenvalue weighted by Gasteiger charge is 2.22. The number of hydrogen-bond acceptors (Lipinski definition) is 8. The van der Waals surface area contributed by atoms with E-state index in [9.17, 15) is 4.79 Å². The van der Waals surface area contributed by atoms with E-state index in [2.05, 4.69) is 44.9 Å². The van der Waals surface area contributed by atoms with E-state index in [-0.39, 0.29) is 12.5 Å². The summed E-state index contributed by atoms with van der Waals surface area (Å²) in [5, 5.41) is 15.9.